The fourth-order valence-corrected chi connectivity index (χ4v) is 3.31. The van der Waals surface area contributed by atoms with Crippen LogP contribution in [-0.2, 0) is 16.1 Å². The standard InChI is InChI=1S/C19H29NO4/c1-5-23-16-7-6-12-20(18(16)22)13-17(21)24-15-10-8-14(9-11-15)19(2,3)4/h6-7,12,14-15H,5,8-11,13H2,1-4H3. The normalized spacial score (nSPS) is 21.3. The number of nitrogens with zero attached hydrogens (tertiary/aromatic N) is 1. The molecule has 1 aromatic rings. The molecular weight excluding hydrogens is 306 g/mol. The number of esters is 1. The van der Waals surface area contributed by atoms with E-state index in [4.69, 9.17) is 9.47 Å². The molecule has 1 aliphatic rings. The van der Waals surface area contributed by atoms with Gasteiger partial charge in [0.15, 0.2) is 5.75 Å². The third kappa shape index (κ3) is 4.86. The zero-order valence-corrected chi connectivity index (χ0v) is 15.2. The monoisotopic (exact) mass is 335 g/mol. The molecule has 24 heavy (non-hydrogen) atoms. The fourth-order valence-electron chi connectivity index (χ4n) is 3.31. The number of hydrogen-bond acceptors (Lipinski definition) is 4. The number of hydrogen-bond donors (Lipinski definition) is 0. The summed E-state index contributed by atoms with van der Waals surface area (Å²) in [5.41, 5.74) is 0.00916. The van der Waals surface area contributed by atoms with Crippen molar-refractivity contribution in [1.82, 2.24) is 4.57 Å². The van der Waals surface area contributed by atoms with Crippen LogP contribution in [0.1, 0.15) is 53.4 Å². The molecule has 0 saturated heterocycles. The zero-order chi connectivity index (χ0) is 17.7. The molecule has 0 atom stereocenters. The molecular formula is C19H29NO4. The number of pyridine rings is 1. The van der Waals surface area contributed by atoms with Crippen molar-refractivity contribution in [2.24, 2.45) is 11.3 Å². The Bertz CT molecular complexity index is 607. The second kappa shape index (κ2) is 7.86. The van der Waals surface area contributed by atoms with Crippen molar-refractivity contribution < 1.29 is 14.3 Å². The number of carbonyl (C=O) groups excluding carboxylic acids is 1. The average Bonchev–Trinajstić information content (AvgIpc) is 2.51. The second-order valence-corrected chi connectivity index (χ2v) is 7.57. The van der Waals surface area contributed by atoms with Crippen LogP contribution in [0.3, 0.4) is 0 Å². The van der Waals surface area contributed by atoms with Gasteiger partial charge in [0, 0.05) is 6.20 Å². The maximum Gasteiger partial charge on any atom is 0.326 e. The highest BCUT2D eigenvalue weighted by atomic mass is 16.5. The molecule has 0 amide bonds. The van der Waals surface area contributed by atoms with Gasteiger partial charge in [0.2, 0.25) is 0 Å². The largest absolute Gasteiger partial charge is 0.488 e. The summed E-state index contributed by atoms with van der Waals surface area (Å²) in [6.07, 6.45) is 5.54. The summed E-state index contributed by atoms with van der Waals surface area (Å²) in [6, 6.07) is 3.32. The summed E-state index contributed by atoms with van der Waals surface area (Å²) in [6.45, 7) is 8.96. The molecule has 5 nitrogen and oxygen atoms in total. The van der Waals surface area contributed by atoms with Crippen LogP contribution in [0.25, 0.3) is 0 Å². The van der Waals surface area contributed by atoms with Gasteiger partial charge in [0.25, 0.3) is 5.56 Å². The van der Waals surface area contributed by atoms with Crippen molar-refractivity contribution in [2.75, 3.05) is 6.61 Å². The molecule has 0 aliphatic heterocycles. The van der Waals surface area contributed by atoms with Gasteiger partial charge in [0.05, 0.1) is 6.61 Å². The van der Waals surface area contributed by atoms with E-state index in [0.717, 1.165) is 25.7 Å². The van der Waals surface area contributed by atoms with E-state index in [1.54, 1.807) is 18.3 Å². The molecule has 1 heterocycles. The van der Waals surface area contributed by atoms with Crippen molar-refractivity contribution in [3.63, 3.8) is 0 Å². The highest BCUT2D eigenvalue weighted by Crippen LogP contribution is 2.38. The maximum absolute atomic E-state index is 12.2. The Balaban J connectivity index is 1.89. The summed E-state index contributed by atoms with van der Waals surface area (Å²) in [4.78, 5) is 24.3. The Kier molecular flexibility index (Phi) is 6.08. The molecule has 0 spiro atoms. The van der Waals surface area contributed by atoms with Gasteiger partial charge in [-0.1, -0.05) is 20.8 Å². The minimum absolute atomic E-state index is 0.0260. The first kappa shape index (κ1) is 18.6. The molecule has 0 radical (unpaired) electrons. The van der Waals surface area contributed by atoms with E-state index < -0.39 is 0 Å². The molecule has 1 aromatic heterocycles. The number of carbonyl (C=O) groups is 1. The van der Waals surface area contributed by atoms with Gasteiger partial charge < -0.3 is 14.0 Å². The van der Waals surface area contributed by atoms with Crippen molar-refractivity contribution in [2.45, 2.75) is 66.0 Å². The lowest BCUT2D eigenvalue weighted by Gasteiger charge is -2.36. The van der Waals surface area contributed by atoms with Crippen LogP contribution in [0.15, 0.2) is 23.1 Å². The SMILES string of the molecule is CCOc1cccn(CC(=O)OC2CCC(C(C)(C)C)CC2)c1=O. The van der Waals surface area contributed by atoms with Crippen LogP contribution < -0.4 is 10.3 Å². The maximum atomic E-state index is 12.2. The molecule has 1 fully saturated rings. The third-order valence-corrected chi connectivity index (χ3v) is 4.78. The van der Waals surface area contributed by atoms with Crippen molar-refractivity contribution in [3.05, 3.63) is 28.7 Å². The lowest BCUT2D eigenvalue weighted by atomic mass is 9.72. The van der Waals surface area contributed by atoms with Gasteiger partial charge in [-0.25, -0.2) is 0 Å². The molecule has 0 bridgehead atoms. The van der Waals surface area contributed by atoms with E-state index in [1.165, 1.54) is 4.57 Å². The van der Waals surface area contributed by atoms with E-state index in [2.05, 4.69) is 20.8 Å². The Hall–Kier alpha value is -1.78. The average molecular weight is 335 g/mol. The summed E-state index contributed by atoms with van der Waals surface area (Å²) in [5, 5.41) is 0. The highest BCUT2D eigenvalue weighted by Gasteiger charge is 2.31. The van der Waals surface area contributed by atoms with Gasteiger partial charge in [-0.15, -0.1) is 0 Å². The van der Waals surface area contributed by atoms with Gasteiger partial charge in [-0.05, 0) is 56.1 Å². The molecule has 2 rings (SSSR count). The van der Waals surface area contributed by atoms with Crippen LogP contribution in [-0.4, -0.2) is 23.2 Å². The number of ether oxygens (including phenoxy) is 2. The smallest absolute Gasteiger partial charge is 0.326 e. The van der Waals surface area contributed by atoms with Gasteiger partial charge >= 0.3 is 5.97 Å². The topological polar surface area (TPSA) is 57.5 Å². The van der Waals surface area contributed by atoms with E-state index in [-0.39, 0.29) is 29.9 Å². The Morgan fingerprint density at radius 1 is 1.25 bits per heavy atom. The molecule has 1 saturated carbocycles. The van der Waals surface area contributed by atoms with Gasteiger partial charge in [-0.3, -0.25) is 9.59 Å². The summed E-state index contributed by atoms with van der Waals surface area (Å²) in [7, 11) is 0. The van der Waals surface area contributed by atoms with E-state index >= 15 is 0 Å². The van der Waals surface area contributed by atoms with Crippen LogP contribution in [0, 0.1) is 11.3 Å². The van der Waals surface area contributed by atoms with Crippen LogP contribution >= 0.6 is 0 Å². The van der Waals surface area contributed by atoms with E-state index in [1.807, 2.05) is 6.92 Å². The Labute approximate surface area is 144 Å². The first-order chi connectivity index (χ1) is 11.3. The molecule has 5 heteroatoms. The summed E-state index contributed by atoms with van der Waals surface area (Å²) in [5.74, 6) is 0.585. The van der Waals surface area contributed by atoms with Crippen LogP contribution in [0.5, 0.6) is 5.75 Å². The quantitative estimate of drug-likeness (QED) is 0.774. The summed E-state index contributed by atoms with van der Waals surface area (Å²) < 4.78 is 12.2. The van der Waals surface area contributed by atoms with Crippen molar-refractivity contribution in [1.29, 1.82) is 0 Å². The molecule has 0 aromatic carbocycles. The lowest BCUT2D eigenvalue weighted by Crippen LogP contribution is -2.32. The van der Waals surface area contributed by atoms with E-state index in [0.29, 0.717) is 17.9 Å². The first-order valence-electron chi connectivity index (χ1n) is 8.83. The predicted molar refractivity (Wildman–Crippen MR) is 93.2 cm³/mol. The van der Waals surface area contributed by atoms with Crippen LogP contribution in [0.4, 0.5) is 0 Å². The Morgan fingerprint density at radius 3 is 2.50 bits per heavy atom. The third-order valence-electron chi connectivity index (χ3n) is 4.78. The van der Waals surface area contributed by atoms with Crippen LogP contribution in [0.2, 0.25) is 0 Å². The van der Waals surface area contributed by atoms with E-state index in [9.17, 15) is 9.59 Å². The first-order valence-corrected chi connectivity index (χ1v) is 8.83. The number of aromatic nitrogens is 1. The fraction of sp³-hybridized carbons (Fsp3) is 0.684. The molecule has 0 unspecified atom stereocenters. The molecule has 0 N–H and O–H groups in total. The Morgan fingerprint density at radius 2 is 1.92 bits per heavy atom. The minimum Gasteiger partial charge on any atom is -0.488 e. The molecule has 1 aliphatic carbocycles. The minimum atomic E-state index is -0.357. The second-order valence-electron chi connectivity index (χ2n) is 7.57. The highest BCUT2D eigenvalue weighted by molar-refractivity contribution is 5.69. The van der Waals surface area contributed by atoms with Gasteiger partial charge in [0.1, 0.15) is 12.6 Å². The predicted octanol–water partition coefficient (Wildman–Crippen LogP) is 3.40. The van der Waals surface area contributed by atoms with Crippen molar-refractivity contribution >= 4 is 5.97 Å². The molecule has 134 valence electrons. The van der Waals surface area contributed by atoms with Crippen molar-refractivity contribution in [3.8, 4) is 5.75 Å². The summed E-state index contributed by atoms with van der Waals surface area (Å²) >= 11 is 0. The number of rotatable bonds is 5. The lowest BCUT2D eigenvalue weighted by molar-refractivity contribution is -0.152. The van der Waals surface area contributed by atoms with Gasteiger partial charge in [-0.2, -0.15) is 0 Å². The zero-order valence-electron chi connectivity index (χ0n) is 15.2.